The summed E-state index contributed by atoms with van der Waals surface area (Å²) >= 11 is 0. The van der Waals surface area contributed by atoms with E-state index in [1.54, 1.807) is 7.11 Å². The monoisotopic (exact) mass is 159 g/mol. The molecule has 0 bridgehead atoms. The van der Waals surface area contributed by atoms with E-state index in [1.807, 2.05) is 0 Å². The first-order valence-electron chi connectivity index (χ1n) is 4.29. The first-order chi connectivity index (χ1) is 5.00. The number of nitrogens with two attached hydrogens (primary N) is 1. The van der Waals surface area contributed by atoms with Crippen LogP contribution in [0.2, 0.25) is 0 Å². The van der Waals surface area contributed by atoms with Crippen LogP contribution < -0.4 is 5.73 Å². The molecule has 2 N–H and O–H groups in total. The molecule has 0 fully saturated rings. The Morgan fingerprint density at radius 2 is 1.45 bits per heavy atom. The maximum Gasteiger partial charge on any atom is 0.0747 e. The van der Waals surface area contributed by atoms with Gasteiger partial charge < -0.3 is 10.5 Å². The van der Waals surface area contributed by atoms with Crippen LogP contribution in [-0.2, 0) is 4.74 Å². The van der Waals surface area contributed by atoms with Gasteiger partial charge in [-0.15, -0.1) is 0 Å². The van der Waals surface area contributed by atoms with Crippen molar-refractivity contribution in [3.8, 4) is 0 Å². The molecule has 0 radical (unpaired) electrons. The summed E-state index contributed by atoms with van der Waals surface area (Å²) in [7, 11) is 1.73. The lowest BCUT2D eigenvalue weighted by Crippen LogP contribution is -2.43. The quantitative estimate of drug-likeness (QED) is 0.677. The average Bonchev–Trinajstić information content (AvgIpc) is 1.88. The van der Waals surface area contributed by atoms with Crippen LogP contribution in [0.3, 0.4) is 0 Å². The second-order valence-corrected chi connectivity index (χ2v) is 3.77. The third-order valence-corrected chi connectivity index (χ3v) is 2.08. The van der Waals surface area contributed by atoms with Crippen LogP contribution >= 0.6 is 0 Å². The van der Waals surface area contributed by atoms with Crippen LogP contribution in [0.25, 0.3) is 0 Å². The molecule has 11 heavy (non-hydrogen) atoms. The van der Waals surface area contributed by atoms with E-state index in [1.165, 1.54) is 0 Å². The summed E-state index contributed by atoms with van der Waals surface area (Å²) in [6.45, 7) is 8.52. The SMILES string of the molecule is COC(C(C)C)C(N)C(C)C. The van der Waals surface area contributed by atoms with Crippen LogP contribution in [0.5, 0.6) is 0 Å². The van der Waals surface area contributed by atoms with E-state index < -0.39 is 0 Å². The Hall–Kier alpha value is -0.0800. The molecule has 0 aliphatic heterocycles. The molecule has 2 nitrogen and oxygen atoms in total. The van der Waals surface area contributed by atoms with Gasteiger partial charge in [0.05, 0.1) is 6.10 Å². The topological polar surface area (TPSA) is 35.2 Å². The van der Waals surface area contributed by atoms with Gasteiger partial charge in [0, 0.05) is 13.2 Å². The Balaban J connectivity index is 4.02. The van der Waals surface area contributed by atoms with Crippen molar-refractivity contribution in [3.63, 3.8) is 0 Å². The summed E-state index contributed by atoms with van der Waals surface area (Å²) < 4.78 is 5.31. The fraction of sp³-hybridized carbons (Fsp3) is 1.00. The van der Waals surface area contributed by atoms with Crippen LogP contribution in [0.4, 0.5) is 0 Å². The lowest BCUT2D eigenvalue weighted by Gasteiger charge is -2.28. The summed E-state index contributed by atoms with van der Waals surface area (Å²) in [6.07, 6.45) is 0.190. The molecular formula is C9H21NO. The fourth-order valence-electron chi connectivity index (χ4n) is 1.25. The highest BCUT2D eigenvalue weighted by atomic mass is 16.5. The normalized spacial score (nSPS) is 17.5. The maximum atomic E-state index is 5.95. The van der Waals surface area contributed by atoms with Gasteiger partial charge in [0.25, 0.3) is 0 Å². The zero-order valence-corrected chi connectivity index (χ0v) is 8.29. The number of methoxy groups -OCH3 is 1. The second kappa shape index (κ2) is 4.73. The molecule has 2 unspecified atom stereocenters. The van der Waals surface area contributed by atoms with E-state index in [2.05, 4.69) is 27.7 Å². The number of hydrogen-bond acceptors (Lipinski definition) is 2. The van der Waals surface area contributed by atoms with Crippen LogP contribution in [0.1, 0.15) is 27.7 Å². The lowest BCUT2D eigenvalue weighted by atomic mass is 9.92. The molecule has 0 saturated heterocycles. The van der Waals surface area contributed by atoms with Crippen molar-refractivity contribution in [1.29, 1.82) is 0 Å². The molecule has 0 spiro atoms. The second-order valence-electron chi connectivity index (χ2n) is 3.77. The Kier molecular flexibility index (Phi) is 4.69. The van der Waals surface area contributed by atoms with Crippen molar-refractivity contribution in [1.82, 2.24) is 0 Å². The van der Waals surface area contributed by atoms with E-state index in [9.17, 15) is 0 Å². The molecule has 68 valence electrons. The minimum atomic E-state index is 0.153. The number of rotatable bonds is 4. The Morgan fingerprint density at radius 3 is 1.55 bits per heavy atom. The maximum absolute atomic E-state index is 5.95. The Labute approximate surface area is 70.1 Å². The highest BCUT2D eigenvalue weighted by molar-refractivity contribution is 4.78. The largest absolute Gasteiger partial charge is 0.380 e. The van der Waals surface area contributed by atoms with Gasteiger partial charge in [0.15, 0.2) is 0 Å². The third-order valence-electron chi connectivity index (χ3n) is 2.08. The van der Waals surface area contributed by atoms with Gasteiger partial charge in [-0.2, -0.15) is 0 Å². The smallest absolute Gasteiger partial charge is 0.0747 e. The first kappa shape index (κ1) is 10.9. The van der Waals surface area contributed by atoms with Gasteiger partial charge >= 0.3 is 0 Å². The summed E-state index contributed by atoms with van der Waals surface area (Å²) in [5.74, 6) is 0.986. The van der Waals surface area contributed by atoms with Gasteiger partial charge in [-0.25, -0.2) is 0 Å². The molecule has 0 amide bonds. The molecular weight excluding hydrogens is 138 g/mol. The van der Waals surface area contributed by atoms with E-state index in [0.717, 1.165) is 0 Å². The van der Waals surface area contributed by atoms with Gasteiger partial charge in [-0.05, 0) is 11.8 Å². The number of ether oxygens (including phenoxy) is 1. The fourth-order valence-corrected chi connectivity index (χ4v) is 1.25. The zero-order chi connectivity index (χ0) is 9.02. The summed E-state index contributed by atoms with van der Waals surface area (Å²) in [5.41, 5.74) is 5.95. The van der Waals surface area contributed by atoms with Crippen molar-refractivity contribution >= 4 is 0 Å². The van der Waals surface area contributed by atoms with Crippen LogP contribution in [0.15, 0.2) is 0 Å². The van der Waals surface area contributed by atoms with Crippen LogP contribution in [0, 0.1) is 11.8 Å². The molecule has 0 aromatic rings. The van der Waals surface area contributed by atoms with E-state index >= 15 is 0 Å². The highest BCUT2D eigenvalue weighted by Gasteiger charge is 2.22. The Morgan fingerprint density at radius 1 is 1.00 bits per heavy atom. The standard InChI is InChI=1S/C9H21NO/c1-6(2)8(10)9(11-5)7(3)4/h6-9H,10H2,1-5H3. The predicted molar refractivity (Wildman–Crippen MR) is 48.4 cm³/mol. The van der Waals surface area contributed by atoms with E-state index in [4.69, 9.17) is 10.5 Å². The van der Waals surface area contributed by atoms with Crippen LogP contribution in [-0.4, -0.2) is 19.3 Å². The van der Waals surface area contributed by atoms with Gasteiger partial charge in [0.2, 0.25) is 0 Å². The van der Waals surface area contributed by atoms with Gasteiger partial charge in [-0.1, -0.05) is 27.7 Å². The molecule has 0 rings (SSSR count). The zero-order valence-electron chi connectivity index (χ0n) is 8.29. The summed E-state index contributed by atoms with van der Waals surface area (Å²) in [5, 5.41) is 0. The molecule has 2 atom stereocenters. The molecule has 0 aromatic heterocycles. The minimum absolute atomic E-state index is 0.153. The van der Waals surface area contributed by atoms with Crippen molar-refractivity contribution in [2.45, 2.75) is 39.8 Å². The molecule has 0 saturated carbocycles. The van der Waals surface area contributed by atoms with E-state index in [-0.39, 0.29) is 12.1 Å². The van der Waals surface area contributed by atoms with Crippen molar-refractivity contribution in [2.75, 3.05) is 7.11 Å². The summed E-state index contributed by atoms with van der Waals surface area (Å²) in [6, 6.07) is 0.153. The molecule has 0 heterocycles. The van der Waals surface area contributed by atoms with E-state index in [0.29, 0.717) is 11.8 Å². The minimum Gasteiger partial charge on any atom is -0.380 e. The Bertz CT molecular complexity index is 102. The highest BCUT2D eigenvalue weighted by Crippen LogP contribution is 2.14. The first-order valence-corrected chi connectivity index (χ1v) is 4.29. The third kappa shape index (κ3) is 3.21. The molecule has 2 heteroatoms. The predicted octanol–water partition coefficient (Wildman–Crippen LogP) is 1.64. The number of hydrogen-bond donors (Lipinski definition) is 1. The van der Waals surface area contributed by atoms with Gasteiger partial charge in [-0.3, -0.25) is 0 Å². The molecule has 0 aliphatic carbocycles. The molecule has 0 aromatic carbocycles. The van der Waals surface area contributed by atoms with Gasteiger partial charge in [0.1, 0.15) is 0 Å². The lowest BCUT2D eigenvalue weighted by molar-refractivity contribution is 0.0319. The van der Waals surface area contributed by atoms with Crippen molar-refractivity contribution in [3.05, 3.63) is 0 Å². The van der Waals surface area contributed by atoms with Crippen molar-refractivity contribution in [2.24, 2.45) is 17.6 Å². The summed E-state index contributed by atoms with van der Waals surface area (Å²) in [4.78, 5) is 0. The average molecular weight is 159 g/mol. The van der Waals surface area contributed by atoms with Crippen molar-refractivity contribution < 1.29 is 4.74 Å². The molecule has 0 aliphatic rings.